The predicted octanol–water partition coefficient (Wildman–Crippen LogP) is 7.60. The highest BCUT2D eigenvalue weighted by molar-refractivity contribution is 9.10. The van der Waals surface area contributed by atoms with Gasteiger partial charge in [0, 0.05) is 10.2 Å². The van der Waals surface area contributed by atoms with Crippen molar-refractivity contribution >= 4 is 50.2 Å². The second kappa shape index (κ2) is 8.96. The van der Waals surface area contributed by atoms with E-state index in [0.717, 1.165) is 15.6 Å². The van der Waals surface area contributed by atoms with Crippen LogP contribution in [0.25, 0.3) is 22.6 Å². The van der Waals surface area contributed by atoms with Gasteiger partial charge in [-0.15, -0.1) is 0 Å². The largest absolute Gasteiger partial charge is 0.496 e. The molecule has 0 spiro atoms. The van der Waals surface area contributed by atoms with Gasteiger partial charge in [0.1, 0.15) is 11.3 Å². The Balaban J connectivity index is 1.68. The summed E-state index contributed by atoms with van der Waals surface area (Å²) in [7, 11) is 1.55. The topological polar surface area (TPSA) is 64.4 Å². The van der Waals surface area contributed by atoms with E-state index in [1.165, 1.54) is 5.56 Å². The predicted molar refractivity (Wildman–Crippen MR) is 132 cm³/mol. The molecular formula is C25H22BrClN2O3. The van der Waals surface area contributed by atoms with Gasteiger partial charge < -0.3 is 14.5 Å². The van der Waals surface area contributed by atoms with Crippen LogP contribution in [0.5, 0.6) is 5.75 Å². The molecule has 0 atom stereocenters. The van der Waals surface area contributed by atoms with Gasteiger partial charge in [-0.2, -0.15) is 0 Å². The molecule has 0 fully saturated rings. The number of halogens is 2. The Morgan fingerprint density at radius 3 is 2.66 bits per heavy atom. The van der Waals surface area contributed by atoms with E-state index in [2.05, 4.69) is 40.1 Å². The standard InChI is InChI=1S/C25H22BrClN2O3/c1-13(2)15-5-8-22-21(10-15)29-25(32-22)18-12-17(6-7-20(18)27)28-24(30)19-11-16(26)9-14(3)23(19)31-4/h5-13H,1-4H3,(H,28,30). The number of amides is 1. The summed E-state index contributed by atoms with van der Waals surface area (Å²) >= 11 is 9.88. The molecule has 0 saturated carbocycles. The Morgan fingerprint density at radius 1 is 1.16 bits per heavy atom. The Kier molecular flexibility index (Phi) is 6.26. The number of ether oxygens (including phenoxy) is 1. The Hall–Kier alpha value is -2.83. The third-order valence-electron chi connectivity index (χ3n) is 5.22. The Bertz CT molecular complexity index is 1330. The number of carbonyl (C=O) groups is 1. The first-order valence-corrected chi connectivity index (χ1v) is 11.3. The van der Waals surface area contributed by atoms with Crippen LogP contribution in [0.15, 0.2) is 57.4 Å². The van der Waals surface area contributed by atoms with Crippen molar-refractivity contribution < 1.29 is 13.9 Å². The zero-order valence-corrected chi connectivity index (χ0v) is 20.5. The van der Waals surface area contributed by atoms with Crippen molar-refractivity contribution in [2.45, 2.75) is 26.7 Å². The normalized spacial score (nSPS) is 11.2. The zero-order valence-electron chi connectivity index (χ0n) is 18.1. The smallest absolute Gasteiger partial charge is 0.259 e. The van der Waals surface area contributed by atoms with Crippen LogP contribution < -0.4 is 10.1 Å². The number of benzene rings is 3. The van der Waals surface area contributed by atoms with E-state index in [1.54, 1.807) is 31.4 Å². The summed E-state index contributed by atoms with van der Waals surface area (Å²) in [6, 6.07) is 14.8. The van der Waals surface area contributed by atoms with Crippen LogP contribution in [0.4, 0.5) is 5.69 Å². The van der Waals surface area contributed by atoms with E-state index in [1.807, 2.05) is 31.2 Å². The summed E-state index contributed by atoms with van der Waals surface area (Å²) in [5.41, 5.74) is 5.09. The van der Waals surface area contributed by atoms with E-state index < -0.39 is 0 Å². The zero-order chi connectivity index (χ0) is 23.0. The molecule has 164 valence electrons. The number of fused-ring (bicyclic) bond motifs is 1. The molecule has 0 aliphatic carbocycles. The summed E-state index contributed by atoms with van der Waals surface area (Å²) < 4.78 is 12.2. The SMILES string of the molecule is COc1c(C)cc(Br)cc1C(=O)Nc1ccc(Cl)c(-c2nc3cc(C(C)C)ccc3o2)c1. The van der Waals surface area contributed by atoms with Gasteiger partial charge in [-0.3, -0.25) is 4.79 Å². The number of nitrogens with one attached hydrogen (secondary N) is 1. The molecule has 0 aliphatic heterocycles. The molecule has 0 unspecified atom stereocenters. The van der Waals surface area contributed by atoms with Crippen molar-refractivity contribution in [3.8, 4) is 17.2 Å². The second-order valence-corrected chi connectivity index (χ2v) is 9.18. The summed E-state index contributed by atoms with van der Waals surface area (Å²) in [6.07, 6.45) is 0. The summed E-state index contributed by atoms with van der Waals surface area (Å²) in [5.74, 6) is 1.02. The van der Waals surface area contributed by atoms with Gasteiger partial charge in [0.25, 0.3) is 5.91 Å². The minimum Gasteiger partial charge on any atom is -0.496 e. The van der Waals surface area contributed by atoms with Crippen molar-refractivity contribution in [2.75, 3.05) is 12.4 Å². The number of methoxy groups -OCH3 is 1. The number of aryl methyl sites for hydroxylation is 1. The first-order chi connectivity index (χ1) is 15.3. The minimum atomic E-state index is -0.293. The first-order valence-electron chi connectivity index (χ1n) is 10.1. The lowest BCUT2D eigenvalue weighted by atomic mass is 10.0. The molecule has 5 nitrogen and oxygen atoms in total. The molecular weight excluding hydrogens is 492 g/mol. The number of hydrogen-bond acceptors (Lipinski definition) is 4. The molecule has 0 radical (unpaired) electrons. The fourth-order valence-corrected chi connectivity index (χ4v) is 4.32. The fraction of sp³-hybridized carbons (Fsp3) is 0.200. The molecule has 32 heavy (non-hydrogen) atoms. The molecule has 4 rings (SSSR count). The van der Waals surface area contributed by atoms with Gasteiger partial charge in [-0.1, -0.05) is 47.4 Å². The second-order valence-electron chi connectivity index (χ2n) is 7.85. The number of hydrogen-bond donors (Lipinski definition) is 1. The molecule has 1 amide bonds. The highest BCUT2D eigenvalue weighted by atomic mass is 79.9. The number of anilines is 1. The van der Waals surface area contributed by atoms with Gasteiger partial charge in [0.05, 0.1) is 23.3 Å². The number of aromatic nitrogens is 1. The lowest BCUT2D eigenvalue weighted by molar-refractivity contribution is 0.102. The molecule has 1 heterocycles. The van der Waals surface area contributed by atoms with E-state index in [0.29, 0.717) is 45.0 Å². The van der Waals surface area contributed by atoms with Crippen molar-refractivity contribution in [1.29, 1.82) is 0 Å². The average molecular weight is 514 g/mol. The fourth-order valence-electron chi connectivity index (χ4n) is 3.55. The van der Waals surface area contributed by atoms with E-state index in [9.17, 15) is 4.79 Å². The van der Waals surface area contributed by atoms with Crippen LogP contribution in [-0.4, -0.2) is 18.0 Å². The third kappa shape index (κ3) is 4.38. The maximum atomic E-state index is 13.0. The highest BCUT2D eigenvalue weighted by Crippen LogP contribution is 2.34. The summed E-state index contributed by atoms with van der Waals surface area (Å²) in [6.45, 7) is 6.15. The number of carbonyl (C=O) groups excluding carboxylic acids is 1. The van der Waals surface area contributed by atoms with Crippen LogP contribution in [0, 0.1) is 6.92 Å². The van der Waals surface area contributed by atoms with Crippen molar-refractivity contribution in [2.24, 2.45) is 0 Å². The molecule has 0 bridgehead atoms. The molecule has 0 saturated heterocycles. The third-order valence-corrected chi connectivity index (χ3v) is 6.01. The summed E-state index contributed by atoms with van der Waals surface area (Å²) in [4.78, 5) is 17.6. The first kappa shape index (κ1) is 22.4. The van der Waals surface area contributed by atoms with Crippen molar-refractivity contribution in [1.82, 2.24) is 4.98 Å². The minimum absolute atomic E-state index is 0.293. The molecule has 1 aromatic heterocycles. The number of rotatable bonds is 5. The Labute approximate surface area is 199 Å². The number of nitrogens with zero attached hydrogens (tertiary/aromatic N) is 1. The lowest BCUT2D eigenvalue weighted by Gasteiger charge is -2.13. The molecule has 4 aromatic rings. The number of oxazole rings is 1. The lowest BCUT2D eigenvalue weighted by Crippen LogP contribution is -2.14. The van der Waals surface area contributed by atoms with Gasteiger partial charge >= 0.3 is 0 Å². The molecule has 0 aliphatic rings. The monoisotopic (exact) mass is 512 g/mol. The Morgan fingerprint density at radius 2 is 1.94 bits per heavy atom. The molecule has 1 N–H and O–H groups in total. The van der Waals surface area contributed by atoms with Crippen LogP contribution in [0.3, 0.4) is 0 Å². The van der Waals surface area contributed by atoms with Gasteiger partial charge in [0.15, 0.2) is 5.58 Å². The summed E-state index contributed by atoms with van der Waals surface area (Å²) in [5, 5.41) is 3.40. The van der Waals surface area contributed by atoms with E-state index in [-0.39, 0.29) is 5.91 Å². The van der Waals surface area contributed by atoms with Crippen LogP contribution in [-0.2, 0) is 0 Å². The van der Waals surface area contributed by atoms with Gasteiger partial charge in [-0.25, -0.2) is 4.98 Å². The van der Waals surface area contributed by atoms with Crippen LogP contribution in [0.1, 0.15) is 41.3 Å². The van der Waals surface area contributed by atoms with E-state index >= 15 is 0 Å². The highest BCUT2D eigenvalue weighted by Gasteiger charge is 2.18. The molecule has 7 heteroatoms. The van der Waals surface area contributed by atoms with Gasteiger partial charge in [0.2, 0.25) is 5.89 Å². The van der Waals surface area contributed by atoms with Gasteiger partial charge in [-0.05, 0) is 66.4 Å². The quantitative estimate of drug-likeness (QED) is 0.298. The maximum absolute atomic E-state index is 13.0. The average Bonchev–Trinajstić information content (AvgIpc) is 3.17. The van der Waals surface area contributed by atoms with Crippen LogP contribution in [0.2, 0.25) is 5.02 Å². The van der Waals surface area contributed by atoms with Crippen molar-refractivity contribution in [3.63, 3.8) is 0 Å². The van der Waals surface area contributed by atoms with Crippen molar-refractivity contribution in [3.05, 3.63) is 74.7 Å². The molecule has 3 aromatic carbocycles. The van der Waals surface area contributed by atoms with Crippen LogP contribution >= 0.6 is 27.5 Å². The van der Waals surface area contributed by atoms with E-state index in [4.69, 9.17) is 20.8 Å². The maximum Gasteiger partial charge on any atom is 0.259 e.